The lowest BCUT2D eigenvalue weighted by atomic mass is 10.1. The van der Waals surface area contributed by atoms with E-state index in [0.29, 0.717) is 12.6 Å². The van der Waals surface area contributed by atoms with Crippen molar-refractivity contribution in [2.24, 2.45) is 0 Å². The highest BCUT2D eigenvalue weighted by Crippen LogP contribution is 2.20. The van der Waals surface area contributed by atoms with Gasteiger partial charge in [-0.05, 0) is 43.3 Å². The number of hydrogen-bond acceptors (Lipinski definition) is 3. The number of likely N-dealkylation sites (tertiary alicyclic amines) is 1. The molecule has 0 amide bonds. The molecule has 1 saturated heterocycles. The molecule has 0 aromatic heterocycles. The summed E-state index contributed by atoms with van der Waals surface area (Å²) in [5.74, 6) is 0. The molecule has 1 N–H and O–H groups in total. The Hall–Kier alpha value is -0.510. The zero-order valence-electron chi connectivity index (χ0n) is 11.1. The maximum absolute atomic E-state index is 9.50. The first-order valence-electron chi connectivity index (χ1n) is 6.81. The summed E-state index contributed by atoms with van der Waals surface area (Å²) in [6, 6.07) is 9.15. The Morgan fingerprint density at radius 3 is 2.67 bits per heavy atom. The highest BCUT2D eigenvalue weighted by molar-refractivity contribution is 7.98. The zero-order valence-corrected chi connectivity index (χ0v) is 12.0. The predicted octanol–water partition coefficient (Wildman–Crippen LogP) is 3.15. The van der Waals surface area contributed by atoms with Crippen LogP contribution in [0.4, 0.5) is 0 Å². The maximum Gasteiger partial charge on any atom is 0.0586 e. The van der Waals surface area contributed by atoms with E-state index < -0.39 is 0 Å². The fourth-order valence-corrected chi connectivity index (χ4v) is 3.03. The topological polar surface area (TPSA) is 23.5 Å². The molecular formula is C15H23NOS. The third-order valence-corrected chi connectivity index (χ3v) is 4.50. The molecule has 1 aliphatic heterocycles. The Morgan fingerprint density at radius 1 is 1.22 bits per heavy atom. The maximum atomic E-state index is 9.50. The molecule has 0 saturated carbocycles. The van der Waals surface area contributed by atoms with E-state index in [1.54, 1.807) is 11.8 Å². The van der Waals surface area contributed by atoms with Crippen molar-refractivity contribution in [3.63, 3.8) is 0 Å². The molecule has 1 aromatic rings. The second kappa shape index (κ2) is 7.17. The van der Waals surface area contributed by atoms with Gasteiger partial charge in [-0.3, -0.25) is 4.90 Å². The lowest BCUT2D eigenvalue weighted by Crippen LogP contribution is -2.36. The van der Waals surface area contributed by atoms with Gasteiger partial charge in [0.15, 0.2) is 0 Å². The van der Waals surface area contributed by atoms with Crippen molar-refractivity contribution in [1.29, 1.82) is 0 Å². The van der Waals surface area contributed by atoms with E-state index in [1.165, 1.54) is 29.7 Å². The monoisotopic (exact) mass is 265 g/mol. The minimum atomic E-state index is 0.295. The fraction of sp³-hybridized carbons (Fsp3) is 0.600. The van der Waals surface area contributed by atoms with E-state index in [-0.39, 0.29) is 0 Å². The summed E-state index contributed by atoms with van der Waals surface area (Å²) in [5, 5.41) is 9.50. The van der Waals surface area contributed by atoms with E-state index in [2.05, 4.69) is 35.4 Å². The van der Waals surface area contributed by atoms with Gasteiger partial charge in [-0.25, -0.2) is 0 Å². The lowest BCUT2D eigenvalue weighted by molar-refractivity contribution is 0.118. The van der Waals surface area contributed by atoms with Crippen LogP contribution in [-0.4, -0.2) is 35.5 Å². The van der Waals surface area contributed by atoms with Gasteiger partial charge in [0.1, 0.15) is 0 Å². The average Bonchev–Trinajstić information content (AvgIpc) is 2.64. The molecule has 100 valence electrons. The Morgan fingerprint density at radius 2 is 2.00 bits per heavy atom. The largest absolute Gasteiger partial charge is 0.395 e. The Bertz CT molecular complexity index is 352. The summed E-state index contributed by atoms with van der Waals surface area (Å²) < 4.78 is 0. The van der Waals surface area contributed by atoms with Crippen LogP contribution in [0.15, 0.2) is 29.2 Å². The Balaban J connectivity index is 2.00. The van der Waals surface area contributed by atoms with Gasteiger partial charge in [-0.15, -0.1) is 11.8 Å². The molecule has 1 heterocycles. The normalized spacial score (nSPS) is 21.8. The molecular weight excluding hydrogens is 242 g/mol. The van der Waals surface area contributed by atoms with E-state index in [9.17, 15) is 5.11 Å². The summed E-state index contributed by atoms with van der Waals surface area (Å²) in [7, 11) is 0. The van der Waals surface area contributed by atoms with Crippen molar-refractivity contribution < 1.29 is 5.11 Å². The van der Waals surface area contributed by atoms with Crippen LogP contribution in [0, 0.1) is 0 Å². The molecule has 1 unspecified atom stereocenters. The molecule has 1 atom stereocenters. The standard InChI is InChI=1S/C15H23NOS/c1-18-15-8-6-13(7-9-15)11-16-10-4-2-3-5-14(16)12-17/h6-9,14,17H,2-5,10-12H2,1H3. The lowest BCUT2D eigenvalue weighted by Gasteiger charge is -2.28. The van der Waals surface area contributed by atoms with Crippen molar-refractivity contribution in [1.82, 2.24) is 4.90 Å². The van der Waals surface area contributed by atoms with Gasteiger partial charge in [0.2, 0.25) is 0 Å². The van der Waals surface area contributed by atoms with Crippen LogP contribution in [0.1, 0.15) is 31.2 Å². The van der Waals surface area contributed by atoms with Crippen LogP contribution in [-0.2, 0) is 6.54 Å². The van der Waals surface area contributed by atoms with E-state index in [1.807, 2.05) is 0 Å². The molecule has 1 fully saturated rings. The van der Waals surface area contributed by atoms with Gasteiger partial charge in [0.25, 0.3) is 0 Å². The molecule has 0 spiro atoms. The summed E-state index contributed by atoms with van der Waals surface area (Å²) >= 11 is 1.78. The van der Waals surface area contributed by atoms with Crippen molar-refractivity contribution in [3.05, 3.63) is 29.8 Å². The second-order valence-electron chi connectivity index (χ2n) is 5.00. The molecule has 1 aliphatic rings. The van der Waals surface area contributed by atoms with Gasteiger partial charge in [-0.2, -0.15) is 0 Å². The molecule has 1 aromatic carbocycles. The van der Waals surface area contributed by atoms with Crippen LogP contribution >= 0.6 is 11.8 Å². The summed E-state index contributed by atoms with van der Waals surface area (Å²) in [6.07, 6.45) is 7.07. The summed E-state index contributed by atoms with van der Waals surface area (Å²) in [6.45, 7) is 2.39. The van der Waals surface area contributed by atoms with Crippen LogP contribution in [0.25, 0.3) is 0 Å². The number of aliphatic hydroxyl groups is 1. The van der Waals surface area contributed by atoms with E-state index >= 15 is 0 Å². The van der Waals surface area contributed by atoms with Crippen molar-refractivity contribution in [2.75, 3.05) is 19.4 Å². The number of hydrogen-bond donors (Lipinski definition) is 1. The summed E-state index contributed by atoms with van der Waals surface area (Å²) in [5.41, 5.74) is 1.35. The smallest absolute Gasteiger partial charge is 0.0586 e. The van der Waals surface area contributed by atoms with Crippen molar-refractivity contribution in [3.8, 4) is 0 Å². The first-order valence-corrected chi connectivity index (χ1v) is 8.04. The van der Waals surface area contributed by atoms with Gasteiger partial charge in [-0.1, -0.05) is 25.0 Å². The minimum absolute atomic E-state index is 0.295. The van der Waals surface area contributed by atoms with E-state index in [4.69, 9.17) is 0 Å². The first kappa shape index (κ1) is 13.9. The molecule has 2 nitrogen and oxygen atoms in total. The second-order valence-corrected chi connectivity index (χ2v) is 5.88. The van der Waals surface area contributed by atoms with Crippen LogP contribution in [0.2, 0.25) is 0 Å². The third-order valence-electron chi connectivity index (χ3n) is 3.75. The minimum Gasteiger partial charge on any atom is -0.395 e. The Labute approximate surface area is 114 Å². The number of benzene rings is 1. The van der Waals surface area contributed by atoms with Gasteiger partial charge < -0.3 is 5.11 Å². The molecule has 0 radical (unpaired) electrons. The van der Waals surface area contributed by atoms with Gasteiger partial charge in [0.05, 0.1) is 6.61 Å². The quantitative estimate of drug-likeness (QED) is 0.846. The van der Waals surface area contributed by atoms with E-state index in [0.717, 1.165) is 19.5 Å². The van der Waals surface area contributed by atoms with Crippen molar-refractivity contribution >= 4 is 11.8 Å². The molecule has 2 rings (SSSR count). The van der Waals surface area contributed by atoms with Crippen LogP contribution < -0.4 is 0 Å². The van der Waals surface area contributed by atoms with Crippen molar-refractivity contribution in [2.45, 2.75) is 43.2 Å². The third kappa shape index (κ3) is 3.74. The molecule has 0 aliphatic carbocycles. The van der Waals surface area contributed by atoms with Crippen LogP contribution in [0.5, 0.6) is 0 Å². The number of thioether (sulfide) groups is 1. The average molecular weight is 265 g/mol. The fourth-order valence-electron chi connectivity index (χ4n) is 2.62. The highest BCUT2D eigenvalue weighted by Gasteiger charge is 2.19. The molecule has 18 heavy (non-hydrogen) atoms. The van der Waals surface area contributed by atoms with Gasteiger partial charge in [0, 0.05) is 17.5 Å². The predicted molar refractivity (Wildman–Crippen MR) is 78.0 cm³/mol. The SMILES string of the molecule is CSc1ccc(CN2CCCCCC2CO)cc1. The summed E-state index contributed by atoms with van der Waals surface area (Å²) in [4.78, 5) is 3.76. The van der Waals surface area contributed by atoms with Crippen LogP contribution in [0.3, 0.4) is 0 Å². The molecule has 3 heteroatoms. The zero-order chi connectivity index (χ0) is 12.8. The number of nitrogens with zero attached hydrogens (tertiary/aromatic N) is 1. The molecule has 0 bridgehead atoms. The number of aliphatic hydroxyl groups excluding tert-OH is 1. The number of rotatable bonds is 4. The highest BCUT2D eigenvalue weighted by atomic mass is 32.2. The first-order chi connectivity index (χ1) is 8.83. The Kier molecular flexibility index (Phi) is 5.54. The van der Waals surface area contributed by atoms with Gasteiger partial charge >= 0.3 is 0 Å².